The molecule has 1 aliphatic rings. The number of pyridine rings is 1. The van der Waals surface area contributed by atoms with Crippen LogP contribution in [0, 0.1) is 0 Å². The van der Waals surface area contributed by atoms with Crippen molar-refractivity contribution in [2.75, 3.05) is 0 Å². The summed E-state index contributed by atoms with van der Waals surface area (Å²) in [6.07, 6.45) is 8.82. The molecule has 0 saturated heterocycles. The molecule has 0 spiro atoms. The van der Waals surface area contributed by atoms with Gasteiger partial charge in [-0.15, -0.1) is 0 Å². The van der Waals surface area contributed by atoms with E-state index in [0.29, 0.717) is 0 Å². The number of allylic oxidation sites excluding steroid dienone is 4. The molecule has 0 N–H and O–H groups in total. The van der Waals surface area contributed by atoms with Gasteiger partial charge in [0.15, 0.2) is 0 Å². The summed E-state index contributed by atoms with van der Waals surface area (Å²) in [6.45, 7) is 0. The van der Waals surface area contributed by atoms with Crippen molar-refractivity contribution in [2.24, 2.45) is 0 Å². The standard InChI is InChI=1S/C41H29N3/c1-4-14-28(15-5-1)30-24-31(29-16-6-2-7-17-29)26-33(25-30)44-37-23-13-11-21-35(37)41-39(44)27-38-40(42-41)34-20-10-12-22-36(34)43(38)32-18-8-3-9-19-32/h1-6,8-16,18-27H,7,17H2. The number of hydrogen-bond donors (Lipinski definition) is 0. The Hall–Kier alpha value is -5.67. The summed E-state index contributed by atoms with van der Waals surface area (Å²) in [6, 6.07) is 48.0. The van der Waals surface area contributed by atoms with Crippen LogP contribution >= 0.6 is 0 Å². The topological polar surface area (TPSA) is 22.8 Å². The summed E-state index contributed by atoms with van der Waals surface area (Å²) in [7, 11) is 0. The van der Waals surface area contributed by atoms with Crippen molar-refractivity contribution < 1.29 is 0 Å². The number of nitrogens with zero attached hydrogens (tertiary/aromatic N) is 3. The Balaban J connectivity index is 1.40. The maximum atomic E-state index is 5.46. The van der Waals surface area contributed by atoms with E-state index in [2.05, 4.69) is 161 Å². The first kappa shape index (κ1) is 24.9. The Labute approximate surface area is 255 Å². The van der Waals surface area contributed by atoms with E-state index in [1.807, 2.05) is 0 Å². The van der Waals surface area contributed by atoms with Crippen LogP contribution in [0.15, 0.2) is 152 Å². The SMILES string of the molecule is C1=CCCC(c2cc(-c3ccccc3)cc(-n3c4ccccc4c4nc5c6ccccc6n(-c6ccccc6)c5cc43)c2)=C1. The van der Waals surface area contributed by atoms with Crippen molar-refractivity contribution in [3.8, 4) is 22.5 Å². The monoisotopic (exact) mass is 563 g/mol. The molecule has 3 aromatic heterocycles. The maximum absolute atomic E-state index is 5.46. The second kappa shape index (κ2) is 9.96. The Morgan fingerprint density at radius 2 is 1.07 bits per heavy atom. The van der Waals surface area contributed by atoms with E-state index in [9.17, 15) is 0 Å². The van der Waals surface area contributed by atoms with Gasteiger partial charge in [0.1, 0.15) is 0 Å². The highest BCUT2D eigenvalue weighted by molar-refractivity contribution is 6.15. The lowest BCUT2D eigenvalue weighted by atomic mass is 9.93. The van der Waals surface area contributed by atoms with Crippen molar-refractivity contribution in [3.63, 3.8) is 0 Å². The van der Waals surface area contributed by atoms with Crippen molar-refractivity contribution in [3.05, 3.63) is 157 Å². The minimum absolute atomic E-state index is 1.02. The lowest BCUT2D eigenvalue weighted by Gasteiger charge is -2.16. The number of para-hydroxylation sites is 3. The zero-order valence-corrected chi connectivity index (χ0v) is 24.2. The van der Waals surface area contributed by atoms with Crippen LogP contribution in [-0.2, 0) is 0 Å². The van der Waals surface area contributed by atoms with Crippen molar-refractivity contribution in [1.82, 2.24) is 14.1 Å². The summed E-state index contributed by atoms with van der Waals surface area (Å²) >= 11 is 0. The van der Waals surface area contributed by atoms with Gasteiger partial charge in [0, 0.05) is 22.1 Å². The average Bonchev–Trinajstić information content (AvgIpc) is 3.60. The average molecular weight is 564 g/mol. The number of hydrogen-bond acceptors (Lipinski definition) is 1. The maximum Gasteiger partial charge on any atom is 0.0972 e. The van der Waals surface area contributed by atoms with Crippen LogP contribution in [0.25, 0.3) is 71.9 Å². The summed E-state index contributed by atoms with van der Waals surface area (Å²) < 4.78 is 4.77. The molecule has 0 fully saturated rings. The van der Waals surface area contributed by atoms with Gasteiger partial charge in [0.2, 0.25) is 0 Å². The molecular weight excluding hydrogens is 534 g/mol. The highest BCUT2D eigenvalue weighted by Crippen LogP contribution is 2.39. The number of rotatable bonds is 4. The smallest absolute Gasteiger partial charge is 0.0972 e. The summed E-state index contributed by atoms with van der Waals surface area (Å²) in [5.74, 6) is 0. The molecule has 0 amide bonds. The van der Waals surface area contributed by atoms with Gasteiger partial charge in [-0.2, -0.15) is 0 Å². The van der Waals surface area contributed by atoms with Crippen molar-refractivity contribution in [1.29, 1.82) is 0 Å². The zero-order chi connectivity index (χ0) is 29.0. The Kier molecular flexibility index (Phi) is 5.63. The van der Waals surface area contributed by atoms with E-state index in [-0.39, 0.29) is 0 Å². The number of fused-ring (bicyclic) bond motifs is 6. The molecule has 1 aliphatic carbocycles. The van der Waals surface area contributed by atoms with Gasteiger partial charge in [-0.25, -0.2) is 4.98 Å². The molecular formula is C41H29N3. The van der Waals surface area contributed by atoms with E-state index in [0.717, 1.165) is 68.1 Å². The molecule has 8 aromatic rings. The zero-order valence-electron chi connectivity index (χ0n) is 24.2. The van der Waals surface area contributed by atoms with E-state index in [1.54, 1.807) is 0 Å². The number of aromatic nitrogens is 3. The van der Waals surface area contributed by atoms with Crippen LogP contribution in [-0.4, -0.2) is 14.1 Å². The molecule has 0 saturated carbocycles. The Morgan fingerprint density at radius 1 is 0.477 bits per heavy atom. The summed E-state index contributed by atoms with van der Waals surface area (Å²) in [5.41, 5.74) is 13.9. The fourth-order valence-corrected chi connectivity index (χ4v) is 6.93. The molecule has 3 nitrogen and oxygen atoms in total. The predicted octanol–water partition coefficient (Wildman–Crippen LogP) is 10.7. The van der Waals surface area contributed by atoms with Gasteiger partial charge in [-0.3, -0.25) is 0 Å². The van der Waals surface area contributed by atoms with Gasteiger partial charge < -0.3 is 9.13 Å². The first-order valence-corrected chi connectivity index (χ1v) is 15.3. The van der Waals surface area contributed by atoms with E-state index >= 15 is 0 Å². The lowest BCUT2D eigenvalue weighted by molar-refractivity contribution is 1.05. The quantitative estimate of drug-likeness (QED) is 0.209. The van der Waals surface area contributed by atoms with Crippen LogP contribution in [0.4, 0.5) is 0 Å². The van der Waals surface area contributed by atoms with Crippen molar-refractivity contribution >= 4 is 49.4 Å². The predicted molar refractivity (Wildman–Crippen MR) is 185 cm³/mol. The van der Waals surface area contributed by atoms with Gasteiger partial charge in [0.25, 0.3) is 0 Å². The van der Waals surface area contributed by atoms with Crippen LogP contribution in [0.2, 0.25) is 0 Å². The highest BCUT2D eigenvalue weighted by Gasteiger charge is 2.20. The van der Waals surface area contributed by atoms with Gasteiger partial charge in [-0.1, -0.05) is 103 Å². The molecule has 0 aliphatic heterocycles. The fraction of sp³-hybridized carbons (Fsp3) is 0.0488. The summed E-state index contributed by atoms with van der Waals surface area (Å²) in [5, 5.41) is 2.32. The Bertz CT molecular complexity index is 2420. The normalized spacial score (nSPS) is 13.3. The minimum Gasteiger partial charge on any atom is -0.308 e. The first-order valence-electron chi connectivity index (χ1n) is 15.3. The molecule has 9 rings (SSSR count). The molecule has 0 bridgehead atoms. The van der Waals surface area contributed by atoms with Gasteiger partial charge in [-0.05, 0) is 83.6 Å². The third kappa shape index (κ3) is 3.86. The lowest BCUT2D eigenvalue weighted by Crippen LogP contribution is -1.99. The largest absolute Gasteiger partial charge is 0.308 e. The van der Waals surface area contributed by atoms with Gasteiger partial charge >= 0.3 is 0 Å². The van der Waals surface area contributed by atoms with Crippen LogP contribution in [0.1, 0.15) is 18.4 Å². The molecule has 0 radical (unpaired) electrons. The number of benzene rings is 5. The van der Waals surface area contributed by atoms with Crippen LogP contribution in [0.5, 0.6) is 0 Å². The molecule has 5 aromatic carbocycles. The molecule has 44 heavy (non-hydrogen) atoms. The van der Waals surface area contributed by atoms with E-state index in [4.69, 9.17) is 4.98 Å². The van der Waals surface area contributed by atoms with Crippen LogP contribution < -0.4 is 0 Å². The second-order valence-electron chi connectivity index (χ2n) is 11.6. The second-order valence-corrected chi connectivity index (χ2v) is 11.6. The third-order valence-electron chi connectivity index (χ3n) is 8.95. The van der Waals surface area contributed by atoms with Crippen molar-refractivity contribution in [2.45, 2.75) is 12.8 Å². The molecule has 0 atom stereocenters. The highest BCUT2D eigenvalue weighted by atomic mass is 15.0. The first-order chi connectivity index (χ1) is 21.8. The van der Waals surface area contributed by atoms with Crippen LogP contribution in [0.3, 0.4) is 0 Å². The molecule has 0 unspecified atom stereocenters. The summed E-state index contributed by atoms with van der Waals surface area (Å²) in [4.78, 5) is 5.46. The van der Waals surface area contributed by atoms with Gasteiger partial charge in [0.05, 0.1) is 33.1 Å². The fourth-order valence-electron chi connectivity index (χ4n) is 6.93. The third-order valence-corrected chi connectivity index (χ3v) is 8.95. The Morgan fingerprint density at radius 3 is 1.73 bits per heavy atom. The molecule has 3 heteroatoms. The van der Waals surface area contributed by atoms with E-state index < -0.39 is 0 Å². The molecule has 208 valence electrons. The van der Waals surface area contributed by atoms with E-state index in [1.165, 1.54) is 22.3 Å². The minimum atomic E-state index is 1.02. The molecule has 3 heterocycles.